The predicted octanol–water partition coefficient (Wildman–Crippen LogP) is 0.593. The fraction of sp³-hybridized carbons (Fsp3) is 0.300. The van der Waals surface area contributed by atoms with Crippen LogP contribution in [0.2, 0.25) is 0 Å². The zero-order valence-electron chi connectivity index (χ0n) is 9.42. The minimum absolute atomic E-state index is 0.104. The number of methoxy groups -OCH3 is 2. The molecule has 0 amide bonds. The monoisotopic (exact) mass is 303 g/mol. The molecule has 17 heavy (non-hydrogen) atoms. The number of hydrogen-bond acceptors (Lipinski definition) is 4. The van der Waals surface area contributed by atoms with Gasteiger partial charge in [0.2, 0.25) is 0 Å². The summed E-state index contributed by atoms with van der Waals surface area (Å²) in [6.07, 6.45) is 1.56. The lowest BCUT2D eigenvalue weighted by Gasteiger charge is -2.11. The molecule has 0 saturated carbocycles. The molecule has 0 aliphatic rings. The summed E-state index contributed by atoms with van der Waals surface area (Å²) in [6, 6.07) is 1.31. The van der Waals surface area contributed by atoms with E-state index in [-0.39, 0.29) is 6.73 Å². The van der Waals surface area contributed by atoms with Gasteiger partial charge in [-0.2, -0.15) is 0 Å². The van der Waals surface area contributed by atoms with E-state index in [2.05, 4.69) is 15.9 Å². The van der Waals surface area contributed by atoms with Crippen molar-refractivity contribution in [2.24, 2.45) is 0 Å². The highest BCUT2D eigenvalue weighted by atomic mass is 79.9. The van der Waals surface area contributed by atoms with Crippen molar-refractivity contribution in [1.82, 2.24) is 9.13 Å². The third-order valence-electron chi connectivity index (χ3n) is 1.96. The van der Waals surface area contributed by atoms with Crippen LogP contribution in [0.15, 0.2) is 20.6 Å². The van der Waals surface area contributed by atoms with E-state index in [1.807, 2.05) is 0 Å². The summed E-state index contributed by atoms with van der Waals surface area (Å²) < 4.78 is 11.8. The Morgan fingerprint density at radius 3 is 2.65 bits per heavy atom. The molecule has 0 fully saturated rings. The number of nitrogens with zero attached hydrogens (tertiary/aromatic N) is 2. The van der Waals surface area contributed by atoms with E-state index < -0.39 is 11.2 Å². The van der Waals surface area contributed by atoms with E-state index in [0.29, 0.717) is 5.69 Å². The minimum atomic E-state index is -0.526. The average molecular weight is 304 g/mol. The van der Waals surface area contributed by atoms with Gasteiger partial charge in [0.25, 0.3) is 5.56 Å². The lowest BCUT2D eigenvalue weighted by atomic mass is 10.4. The fourth-order valence-corrected chi connectivity index (χ4v) is 1.53. The number of rotatable bonds is 5. The largest absolute Gasteiger partial charge is 0.364 e. The molecule has 0 aliphatic carbocycles. The lowest BCUT2D eigenvalue weighted by molar-refractivity contribution is 0.121. The van der Waals surface area contributed by atoms with Crippen molar-refractivity contribution in [2.75, 3.05) is 14.2 Å². The Hall–Kier alpha value is -1.18. The standard InChI is InChI=1S/C10H12BrN2O4/c1-16-6-12-8(3-4-11)5-9(14)13(7-17-2)10(12)15/h3-6H,7H2,1-2H3/b4-3+. The Balaban J connectivity index is 3.46. The van der Waals surface area contributed by atoms with E-state index >= 15 is 0 Å². The van der Waals surface area contributed by atoms with Crippen LogP contribution in [0.4, 0.5) is 0 Å². The molecular weight excluding hydrogens is 292 g/mol. The Morgan fingerprint density at radius 2 is 2.12 bits per heavy atom. The van der Waals surface area contributed by atoms with Crippen LogP contribution < -0.4 is 11.2 Å². The van der Waals surface area contributed by atoms with Crippen molar-refractivity contribution < 1.29 is 9.47 Å². The van der Waals surface area contributed by atoms with E-state index in [1.165, 1.54) is 31.6 Å². The fourth-order valence-electron chi connectivity index (χ4n) is 1.26. The third-order valence-corrected chi connectivity index (χ3v) is 2.22. The van der Waals surface area contributed by atoms with Gasteiger partial charge in [0.05, 0.1) is 5.69 Å². The number of halogens is 1. The first kappa shape index (κ1) is 13.9. The average Bonchev–Trinajstić information content (AvgIpc) is 2.30. The lowest BCUT2D eigenvalue weighted by Crippen LogP contribution is -2.40. The molecule has 0 atom stereocenters. The molecule has 0 aliphatic heterocycles. The van der Waals surface area contributed by atoms with Gasteiger partial charge in [0.1, 0.15) is 6.73 Å². The quantitative estimate of drug-likeness (QED) is 0.799. The van der Waals surface area contributed by atoms with Crippen LogP contribution in [0.5, 0.6) is 0 Å². The van der Waals surface area contributed by atoms with Crippen molar-refractivity contribution in [3.05, 3.63) is 44.3 Å². The summed E-state index contributed by atoms with van der Waals surface area (Å²) in [5.41, 5.74) is -0.550. The Morgan fingerprint density at radius 1 is 1.41 bits per heavy atom. The molecule has 1 aromatic heterocycles. The molecule has 0 aromatic carbocycles. The van der Waals surface area contributed by atoms with Crippen molar-refractivity contribution >= 4 is 22.0 Å². The summed E-state index contributed by atoms with van der Waals surface area (Å²) in [5.74, 6) is 0. The Bertz CT molecular complexity index is 518. The van der Waals surface area contributed by atoms with Crippen LogP contribution in [0.1, 0.15) is 5.69 Å². The number of ether oxygens (including phenoxy) is 2. The molecule has 6 nitrogen and oxygen atoms in total. The summed E-state index contributed by atoms with van der Waals surface area (Å²) in [5, 5.41) is 0. The van der Waals surface area contributed by atoms with Crippen molar-refractivity contribution in [3.63, 3.8) is 0 Å². The SMILES string of the molecule is CO[CH]n1c(/C=C/Br)cc(=O)n(COC)c1=O. The van der Waals surface area contributed by atoms with Gasteiger partial charge < -0.3 is 9.47 Å². The third kappa shape index (κ3) is 3.15. The first-order valence-corrected chi connectivity index (χ1v) is 5.55. The molecular formula is C10H12BrN2O4. The summed E-state index contributed by atoms with van der Waals surface area (Å²) >= 11 is 3.09. The molecule has 0 N–H and O–H groups in total. The van der Waals surface area contributed by atoms with Gasteiger partial charge in [0.15, 0.2) is 6.73 Å². The molecule has 0 bridgehead atoms. The molecule has 7 heteroatoms. The summed E-state index contributed by atoms with van der Waals surface area (Å²) in [7, 11) is 2.82. The van der Waals surface area contributed by atoms with Gasteiger partial charge in [-0.05, 0) is 11.1 Å². The Labute approximate surface area is 106 Å². The molecule has 93 valence electrons. The molecule has 1 aromatic rings. The van der Waals surface area contributed by atoms with Gasteiger partial charge in [0, 0.05) is 20.3 Å². The van der Waals surface area contributed by atoms with Gasteiger partial charge >= 0.3 is 5.69 Å². The molecule has 1 radical (unpaired) electrons. The van der Waals surface area contributed by atoms with E-state index in [0.717, 1.165) is 4.57 Å². The van der Waals surface area contributed by atoms with Crippen LogP contribution >= 0.6 is 15.9 Å². The van der Waals surface area contributed by atoms with Crippen LogP contribution in [-0.2, 0) is 16.2 Å². The highest BCUT2D eigenvalue weighted by Crippen LogP contribution is 2.00. The number of hydrogen-bond donors (Lipinski definition) is 0. The first-order chi connectivity index (χ1) is 8.15. The molecule has 1 heterocycles. The van der Waals surface area contributed by atoms with Gasteiger partial charge in [-0.1, -0.05) is 15.9 Å². The second-order valence-corrected chi connectivity index (χ2v) is 3.57. The van der Waals surface area contributed by atoms with Crippen molar-refractivity contribution in [2.45, 2.75) is 6.73 Å². The van der Waals surface area contributed by atoms with Crippen molar-refractivity contribution in [3.8, 4) is 0 Å². The highest BCUT2D eigenvalue weighted by molar-refractivity contribution is 9.11. The second-order valence-electron chi connectivity index (χ2n) is 3.04. The van der Waals surface area contributed by atoms with Crippen LogP contribution in [0.25, 0.3) is 6.08 Å². The maximum absolute atomic E-state index is 12.0. The van der Waals surface area contributed by atoms with Gasteiger partial charge in [-0.15, -0.1) is 0 Å². The van der Waals surface area contributed by atoms with E-state index in [9.17, 15) is 9.59 Å². The van der Waals surface area contributed by atoms with E-state index in [1.54, 1.807) is 11.1 Å². The Kier molecular flexibility index (Phi) is 5.33. The molecule has 0 saturated heterocycles. The second kappa shape index (κ2) is 6.53. The first-order valence-electron chi connectivity index (χ1n) is 4.64. The predicted molar refractivity (Wildman–Crippen MR) is 66.6 cm³/mol. The van der Waals surface area contributed by atoms with Gasteiger partial charge in [-0.3, -0.25) is 9.36 Å². The smallest absolute Gasteiger partial charge is 0.335 e. The minimum Gasteiger partial charge on any atom is -0.364 e. The van der Waals surface area contributed by atoms with Crippen LogP contribution in [0.3, 0.4) is 0 Å². The number of aromatic nitrogens is 2. The summed E-state index contributed by atoms with van der Waals surface area (Å²) in [6.45, 7) is 1.11. The van der Waals surface area contributed by atoms with Crippen LogP contribution in [0, 0.1) is 6.73 Å². The molecule has 0 spiro atoms. The molecule has 1 rings (SSSR count). The van der Waals surface area contributed by atoms with Crippen LogP contribution in [-0.4, -0.2) is 23.4 Å². The molecule has 0 unspecified atom stereocenters. The van der Waals surface area contributed by atoms with Gasteiger partial charge in [-0.25, -0.2) is 9.36 Å². The van der Waals surface area contributed by atoms with E-state index in [4.69, 9.17) is 9.47 Å². The zero-order valence-corrected chi connectivity index (χ0v) is 11.0. The zero-order chi connectivity index (χ0) is 12.8. The highest BCUT2D eigenvalue weighted by Gasteiger charge is 2.09. The summed E-state index contributed by atoms with van der Waals surface area (Å²) in [4.78, 5) is 25.1. The van der Waals surface area contributed by atoms with Crippen molar-refractivity contribution in [1.29, 1.82) is 0 Å². The maximum Gasteiger partial charge on any atom is 0.335 e. The maximum atomic E-state index is 12.0. The normalized spacial score (nSPS) is 11.2. The topological polar surface area (TPSA) is 62.5 Å².